The third-order valence-electron chi connectivity index (χ3n) is 11.6. The summed E-state index contributed by atoms with van der Waals surface area (Å²) in [5.74, 6) is 0.150. The number of piperidine rings is 3. The zero-order valence-electron chi connectivity index (χ0n) is 28.1. The number of hydrogen-bond acceptors (Lipinski definition) is 7. The number of unbranched alkanes of at least 4 members (excludes halogenated alkanes) is 1. The van der Waals surface area contributed by atoms with Crippen LogP contribution in [0.25, 0.3) is 0 Å². The van der Waals surface area contributed by atoms with Gasteiger partial charge >= 0.3 is 6.09 Å². The standard InChI is InChI=1S/C35H52F2N6O3/c1-5-6-7-27-23-43(29(21-30(36)37)26-8-14-39-15-9-26)33(45)46-35(27)12-18-42(19-13-35)34(4)10-16-41(17-11-34)32(44)31-24(2)20-28(22-38)40-25(31)3/h20,26-27,29-30,39H,5-19,21,23H2,1-4H3/t27?,29-/m0/s1. The van der Waals surface area contributed by atoms with E-state index in [1.807, 2.05) is 11.8 Å². The highest BCUT2D eigenvalue weighted by Gasteiger charge is 2.53. The smallest absolute Gasteiger partial charge is 0.410 e. The number of nitrogens with one attached hydrogen (secondary N) is 1. The lowest BCUT2D eigenvalue weighted by Crippen LogP contribution is -2.65. The molecule has 9 nitrogen and oxygen atoms in total. The molecule has 2 amide bonds. The van der Waals surface area contributed by atoms with Gasteiger partial charge in [-0.2, -0.15) is 5.26 Å². The molecule has 5 heterocycles. The number of alkyl halides is 2. The van der Waals surface area contributed by atoms with Gasteiger partial charge in [0.25, 0.3) is 5.91 Å². The Morgan fingerprint density at radius 3 is 2.41 bits per heavy atom. The van der Waals surface area contributed by atoms with Crippen LogP contribution >= 0.6 is 0 Å². The van der Waals surface area contributed by atoms with E-state index in [1.54, 1.807) is 17.9 Å². The van der Waals surface area contributed by atoms with E-state index in [0.717, 1.165) is 89.5 Å². The number of pyridine rings is 1. The first-order chi connectivity index (χ1) is 22.0. The maximum Gasteiger partial charge on any atom is 0.410 e. The Bertz CT molecular complexity index is 1260. The Kier molecular flexibility index (Phi) is 10.9. The zero-order valence-corrected chi connectivity index (χ0v) is 28.1. The SMILES string of the molecule is CCCCC1CN([C@@H](CC(F)F)C2CCNCC2)C(=O)OC12CCN(C1(C)CCN(C(=O)c3c(C)cc(C#N)nc3C)CC1)CC2. The molecular formula is C35H52F2N6O3. The number of carbonyl (C=O) groups excluding carboxylic acids is 2. The molecular weight excluding hydrogens is 590 g/mol. The highest BCUT2D eigenvalue weighted by molar-refractivity contribution is 5.96. The molecule has 254 valence electrons. The van der Waals surface area contributed by atoms with Crippen molar-refractivity contribution in [3.8, 4) is 6.07 Å². The van der Waals surface area contributed by atoms with Crippen molar-refractivity contribution in [2.75, 3.05) is 45.8 Å². The zero-order chi connectivity index (χ0) is 33.1. The summed E-state index contributed by atoms with van der Waals surface area (Å²) in [4.78, 5) is 37.6. The predicted octanol–water partition coefficient (Wildman–Crippen LogP) is 5.68. The quantitative estimate of drug-likeness (QED) is 0.370. The molecule has 2 atom stereocenters. The molecule has 4 saturated heterocycles. The largest absolute Gasteiger partial charge is 0.442 e. The predicted molar refractivity (Wildman–Crippen MR) is 172 cm³/mol. The molecule has 1 aromatic rings. The first-order valence-electron chi connectivity index (χ1n) is 17.4. The van der Waals surface area contributed by atoms with E-state index < -0.39 is 24.2 Å². The summed E-state index contributed by atoms with van der Waals surface area (Å²) in [5.41, 5.74) is 1.64. The van der Waals surface area contributed by atoms with Crippen LogP contribution in [0.4, 0.5) is 13.6 Å². The topological polar surface area (TPSA) is 102 Å². The van der Waals surface area contributed by atoms with Gasteiger partial charge in [0.05, 0.1) is 11.3 Å². The van der Waals surface area contributed by atoms with E-state index in [0.29, 0.717) is 36.6 Å². The lowest BCUT2D eigenvalue weighted by atomic mass is 9.73. The number of halogens is 2. The van der Waals surface area contributed by atoms with Crippen molar-refractivity contribution in [2.24, 2.45) is 11.8 Å². The van der Waals surface area contributed by atoms with Crippen LogP contribution in [-0.4, -0.2) is 101 Å². The second-order valence-electron chi connectivity index (χ2n) is 14.4. The van der Waals surface area contributed by atoms with E-state index >= 15 is 0 Å². The van der Waals surface area contributed by atoms with Crippen molar-refractivity contribution in [1.29, 1.82) is 5.26 Å². The van der Waals surface area contributed by atoms with Gasteiger partial charge in [0.1, 0.15) is 17.4 Å². The molecule has 1 spiro atoms. The Morgan fingerprint density at radius 1 is 1.15 bits per heavy atom. The molecule has 0 bridgehead atoms. The minimum Gasteiger partial charge on any atom is -0.442 e. The fourth-order valence-electron chi connectivity index (χ4n) is 8.67. The van der Waals surface area contributed by atoms with Crippen LogP contribution in [0.1, 0.15) is 105 Å². The minimum absolute atomic E-state index is 0.0290. The van der Waals surface area contributed by atoms with Gasteiger partial charge in [-0.1, -0.05) is 19.8 Å². The Balaban J connectivity index is 1.24. The number of likely N-dealkylation sites (tertiary alicyclic amines) is 2. The van der Waals surface area contributed by atoms with Gasteiger partial charge in [0.2, 0.25) is 6.43 Å². The molecule has 0 aliphatic carbocycles. The summed E-state index contributed by atoms with van der Waals surface area (Å²) in [7, 11) is 0. The molecule has 11 heteroatoms. The monoisotopic (exact) mass is 642 g/mol. The van der Waals surface area contributed by atoms with Crippen LogP contribution in [0, 0.1) is 37.0 Å². The number of aromatic nitrogens is 1. The fraction of sp³-hybridized carbons (Fsp3) is 0.771. The molecule has 1 N–H and O–H groups in total. The van der Waals surface area contributed by atoms with E-state index in [9.17, 15) is 23.6 Å². The second-order valence-corrected chi connectivity index (χ2v) is 14.4. The van der Waals surface area contributed by atoms with E-state index in [2.05, 4.69) is 35.1 Å². The van der Waals surface area contributed by atoms with E-state index in [-0.39, 0.29) is 29.7 Å². The number of aryl methyl sites for hydroxylation is 2. The van der Waals surface area contributed by atoms with Gasteiger partial charge in [-0.05, 0) is 83.5 Å². The van der Waals surface area contributed by atoms with Crippen molar-refractivity contribution in [1.82, 2.24) is 25.0 Å². The van der Waals surface area contributed by atoms with E-state index in [4.69, 9.17) is 4.74 Å². The van der Waals surface area contributed by atoms with Crippen molar-refractivity contribution in [2.45, 2.75) is 116 Å². The summed E-state index contributed by atoms with van der Waals surface area (Å²) in [5, 5.41) is 12.6. The van der Waals surface area contributed by atoms with Crippen molar-refractivity contribution in [3.05, 3.63) is 28.6 Å². The number of rotatable bonds is 9. The molecule has 0 saturated carbocycles. The molecule has 4 aliphatic rings. The summed E-state index contributed by atoms with van der Waals surface area (Å²) >= 11 is 0. The molecule has 4 fully saturated rings. The second kappa shape index (κ2) is 14.5. The molecule has 1 unspecified atom stereocenters. The molecule has 46 heavy (non-hydrogen) atoms. The summed E-state index contributed by atoms with van der Waals surface area (Å²) < 4.78 is 34.0. The van der Waals surface area contributed by atoms with Crippen LogP contribution < -0.4 is 5.32 Å². The van der Waals surface area contributed by atoms with Gasteiger partial charge in [-0.15, -0.1) is 0 Å². The van der Waals surface area contributed by atoms with Crippen LogP contribution in [0.15, 0.2) is 6.07 Å². The van der Waals surface area contributed by atoms with E-state index in [1.165, 1.54) is 0 Å². The number of ether oxygens (including phenoxy) is 1. The van der Waals surface area contributed by atoms with Crippen LogP contribution in [0.3, 0.4) is 0 Å². The maximum atomic E-state index is 13.8. The van der Waals surface area contributed by atoms with Crippen LogP contribution in [0.5, 0.6) is 0 Å². The van der Waals surface area contributed by atoms with Gasteiger partial charge in [0, 0.05) is 69.5 Å². The number of nitrogens with zero attached hydrogens (tertiary/aromatic N) is 5. The van der Waals surface area contributed by atoms with Gasteiger partial charge in [0.15, 0.2) is 0 Å². The normalized spacial score (nSPS) is 24.6. The first-order valence-corrected chi connectivity index (χ1v) is 17.4. The number of carbonyl (C=O) groups is 2. The lowest BCUT2D eigenvalue weighted by Gasteiger charge is -2.56. The highest BCUT2D eigenvalue weighted by Crippen LogP contribution is 2.45. The molecule has 5 rings (SSSR count). The van der Waals surface area contributed by atoms with Gasteiger partial charge in [-0.25, -0.2) is 18.6 Å². The van der Waals surface area contributed by atoms with Crippen molar-refractivity contribution >= 4 is 12.0 Å². The van der Waals surface area contributed by atoms with Crippen LogP contribution in [0.2, 0.25) is 0 Å². The average Bonchev–Trinajstić information content (AvgIpc) is 3.04. The number of amides is 2. The molecule has 0 radical (unpaired) electrons. The number of hydrogen-bond donors (Lipinski definition) is 1. The van der Waals surface area contributed by atoms with Crippen molar-refractivity contribution in [3.63, 3.8) is 0 Å². The fourth-order valence-corrected chi connectivity index (χ4v) is 8.67. The lowest BCUT2D eigenvalue weighted by molar-refractivity contribution is -0.143. The highest BCUT2D eigenvalue weighted by atomic mass is 19.3. The Labute approximate surface area is 273 Å². The summed E-state index contributed by atoms with van der Waals surface area (Å²) in [6.07, 6.45) is 4.56. The Morgan fingerprint density at radius 2 is 1.83 bits per heavy atom. The average molecular weight is 643 g/mol. The minimum atomic E-state index is -2.46. The maximum absolute atomic E-state index is 13.8. The number of nitriles is 1. The first kappa shape index (κ1) is 34.5. The van der Waals surface area contributed by atoms with Crippen LogP contribution in [-0.2, 0) is 4.74 Å². The van der Waals surface area contributed by atoms with Gasteiger partial charge < -0.3 is 19.9 Å². The Hall–Kier alpha value is -2.84. The van der Waals surface area contributed by atoms with Crippen molar-refractivity contribution < 1.29 is 23.1 Å². The van der Waals surface area contributed by atoms with Gasteiger partial charge in [-0.3, -0.25) is 9.69 Å². The third kappa shape index (κ3) is 7.18. The summed E-state index contributed by atoms with van der Waals surface area (Å²) in [6.45, 7) is 13.1. The summed E-state index contributed by atoms with van der Waals surface area (Å²) in [6, 6.07) is 3.25. The molecule has 0 aromatic carbocycles. The molecule has 1 aromatic heterocycles. The molecule has 4 aliphatic heterocycles. The third-order valence-corrected chi connectivity index (χ3v) is 11.6.